The van der Waals surface area contributed by atoms with E-state index in [1.165, 1.54) is 10.8 Å². The lowest BCUT2D eigenvalue weighted by molar-refractivity contribution is 0.905. The third-order valence-corrected chi connectivity index (χ3v) is 2.51. The van der Waals surface area contributed by atoms with Crippen LogP contribution in [-0.4, -0.2) is 24.8 Å². The van der Waals surface area contributed by atoms with Crippen LogP contribution in [0.2, 0.25) is 5.02 Å². The van der Waals surface area contributed by atoms with Crippen molar-refractivity contribution >= 4 is 17.4 Å². The normalized spacial score (nSPS) is 10.8. The summed E-state index contributed by atoms with van der Waals surface area (Å²) in [5.41, 5.74) is 1.53. The van der Waals surface area contributed by atoms with E-state index in [0.717, 1.165) is 5.56 Å². The lowest BCUT2D eigenvalue weighted by atomic mass is 10.2. The molecule has 0 N–H and O–H groups in total. The van der Waals surface area contributed by atoms with Crippen molar-refractivity contribution in [3.05, 3.63) is 41.8 Å². The first-order valence-electron chi connectivity index (χ1n) is 4.62. The quantitative estimate of drug-likeness (QED) is 0.641. The van der Waals surface area contributed by atoms with Crippen molar-refractivity contribution in [1.82, 2.24) is 24.8 Å². The van der Waals surface area contributed by atoms with Crippen LogP contribution in [0.25, 0.3) is 17.0 Å². The fourth-order valence-corrected chi connectivity index (χ4v) is 1.67. The van der Waals surface area contributed by atoms with Gasteiger partial charge in [-0.3, -0.25) is 0 Å². The molecule has 0 saturated carbocycles. The molecule has 5 nitrogen and oxygen atoms in total. The molecule has 1 aromatic carbocycles. The molecule has 0 unspecified atom stereocenters. The second-order valence-corrected chi connectivity index (χ2v) is 3.61. The van der Waals surface area contributed by atoms with E-state index in [-0.39, 0.29) is 0 Å². The van der Waals surface area contributed by atoms with Crippen LogP contribution in [0.5, 0.6) is 0 Å². The summed E-state index contributed by atoms with van der Waals surface area (Å²) in [4.78, 5) is 4.13. The van der Waals surface area contributed by atoms with Gasteiger partial charge >= 0.3 is 0 Å². The first kappa shape index (κ1) is 9.23. The molecular weight excluding hydrogens is 226 g/mol. The summed E-state index contributed by atoms with van der Waals surface area (Å²) in [5, 5.41) is 12.4. The summed E-state index contributed by atoms with van der Waals surface area (Å²) >= 11 is 6.08. The zero-order valence-electron chi connectivity index (χ0n) is 8.08. The maximum absolute atomic E-state index is 6.08. The summed E-state index contributed by atoms with van der Waals surface area (Å²) in [6.45, 7) is 0. The van der Waals surface area contributed by atoms with Crippen molar-refractivity contribution < 1.29 is 0 Å². The van der Waals surface area contributed by atoms with Gasteiger partial charge in [-0.15, -0.1) is 10.2 Å². The Morgan fingerprint density at radius 2 is 2.06 bits per heavy atom. The van der Waals surface area contributed by atoms with Crippen LogP contribution in [0, 0.1) is 0 Å². The largest absolute Gasteiger partial charge is 0.271 e. The van der Waals surface area contributed by atoms with Crippen molar-refractivity contribution in [2.45, 2.75) is 0 Å². The second-order valence-electron chi connectivity index (χ2n) is 3.20. The highest BCUT2D eigenvalue weighted by Crippen LogP contribution is 2.24. The number of nitrogens with zero attached hydrogens (tertiary/aromatic N) is 5. The van der Waals surface area contributed by atoms with Crippen molar-refractivity contribution in [3.8, 4) is 11.3 Å². The van der Waals surface area contributed by atoms with Gasteiger partial charge in [-0.2, -0.15) is 9.61 Å². The third kappa shape index (κ3) is 1.42. The Bertz CT molecular complexity index is 648. The Labute approximate surface area is 95.7 Å². The van der Waals surface area contributed by atoms with Gasteiger partial charge in [0.25, 0.3) is 5.78 Å². The minimum absolute atomic E-state index is 0.468. The smallest absolute Gasteiger partial charge is 0.216 e. The number of hydrogen-bond acceptors (Lipinski definition) is 4. The van der Waals surface area contributed by atoms with Crippen LogP contribution in [0.4, 0.5) is 0 Å². The van der Waals surface area contributed by atoms with Crippen LogP contribution < -0.4 is 0 Å². The fourth-order valence-electron chi connectivity index (χ4n) is 1.43. The van der Waals surface area contributed by atoms with Gasteiger partial charge in [0.2, 0.25) is 0 Å². The monoisotopic (exact) mass is 231 g/mol. The molecule has 0 spiro atoms. The van der Waals surface area contributed by atoms with Crippen LogP contribution in [0.3, 0.4) is 0 Å². The highest BCUT2D eigenvalue weighted by atomic mass is 35.5. The van der Waals surface area contributed by atoms with Gasteiger partial charge in [-0.25, -0.2) is 4.98 Å². The molecule has 0 fully saturated rings. The number of fused-ring (bicyclic) bond motifs is 1. The number of rotatable bonds is 1. The molecule has 2 heterocycles. The Morgan fingerprint density at radius 1 is 1.19 bits per heavy atom. The lowest BCUT2D eigenvalue weighted by Crippen LogP contribution is -1.96. The highest BCUT2D eigenvalue weighted by Gasteiger charge is 2.06. The van der Waals surface area contributed by atoms with E-state index in [2.05, 4.69) is 20.3 Å². The van der Waals surface area contributed by atoms with E-state index in [0.29, 0.717) is 16.5 Å². The maximum atomic E-state index is 6.08. The summed E-state index contributed by atoms with van der Waals surface area (Å²) < 4.78 is 1.51. The van der Waals surface area contributed by atoms with E-state index in [1.54, 1.807) is 6.20 Å². The topological polar surface area (TPSA) is 56.0 Å². The Morgan fingerprint density at radius 3 is 2.94 bits per heavy atom. The average Bonchev–Trinajstić information content (AvgIpc) is 2.76. The minimum Gasteiger partial charge on any atom is -0.216 e. The summed E-state index contributed by atoms with van der Waals surface area (Å²) in [6, 6.07) is 7.48. The van der Waals surface area contributed by atoms with Crippen LogP contribution in [0.1, 0.15) is 0 Å². The molecule has 16 heavy (non-hydrogen) atoms. The summed E-state index contributed by atoms with van der Waals surface area (Å²) in [6.07, 6.45) is 3.13. The molecule has 0 aliphatic heterocycles. The van der Waals surface area contributed by atoms with Gasteiger partial charge in [0.05, 0.1) is 11.2 Å². The van der Waals surface area contributed by atoms with Crippen molar-refractivity contribution in [2.24, 2.45) is 0 Å². The lowest BCUT2D eigenvalue weighted by Gasteiger charge is -2.02. The van der Waals surface area contributed by atoms with Gasteiger partial charge in [-0.05, 0) is 6.07 Å². The average molecular weight is 232 g/mol. The van der Waals surface area contributed by atoms with Crippen molar-refractivity contribution in [1.29, 1.82) is 0 Å². The molecule has 0 amide bonds. The van der Waals surface area contributed by atoms with E-state index in [1.807, 2.05) is 24.3 Å². The zero-order chi connectivity index (χ0) is 11.0. The van der Waals surface area contributed by atoms with E-state index >= 15 is 0 Å². The van der Waals surface area contributed by atoms with E-state index in [4.69, 9.17) is 11.6 Å². The molecule has 78 valence electrons. The number of aromatic nitrogens is 5. The molecular formula is C10H6ClN5. The van der Waals surface area contributed by atoms with E-state index < -0.39 is 0 Å². The third-order valence-electron chi connectivity index (χ3n) is 2.18. The predicted molar refractivity (Wildman–Crippen MR) is 59.0 cm³/mol. The number of benzene rings is 1. The van der Waals surface area contributed by atoms with Crippen LogP contribution in [0.15, 0.2) is 36.8 Å². The first-order valence-corrected chi connectivity index (χ1v) is 5.00. The number of halogens is 1. The van der Waals surface area contributed by atoms with Gasteiger partial charge in [0.1, 0.15) is 12.0 Å². The molecule has 0 aliphatic rings. The molecule has 0 atom stereocenters. The molecule has 3 aromatic rings. The SMILES string of the molecule is Clc1ccccc1-c1cnc2nncn2n1. The Kier molecular flexibility index (Phi) is 2.04. The summed E-state index contributed by atoms with van der Waals surface area (Å²) in [5.74, 6) is 0.468. The van der Waals surface area contributed by atoms with Gasteiger partial charge < -0.3 is 0 Å². The zero-order valence-corrected chi connectivity index (χ0v) is 8.83. The molecule has 3 rings (SSSR count). The van der Waals surface area contributed by atoms with E-state index in [9.17, 15) is 0 Å². The molecule has 0 bridgehead atoms. The first-order chi connectivity index (χ1) is 7.84. The van der Waals surface area contributed by atoms with Gasteiger partial charge in [0, 0.05) is 5.56 Å². The van der Waals surface area contributed by atoms with Crippen LogP contribution in [-0.2, 0) is 0 Å². The standard InChI is InChI=1S/C10H6ClN5/c11-8-4-2-1-3-7(8)9-5-12-10-14-13-6-16(10)15-9/h1-6H. The summed E-state index contributed by atoms with van der Waals surface area (Å²) in [7, 11) is 0. The fraction of sp³-hybridized carbons (Fsp3) is 0. The van der Waals surface area contributed by atoms with Crippen molar-refractivity contribution in [3.63, 3.8) is 0 Å². The molecule has 2 aromatic heterocycles. The Balaban J connectivity index is 2.22. The molecule has 0 aliphatic carbocycles. The molecule has 6 heteroatoms. The van der Waals surface area contributed by atoms with Gasteiger partial charge in [-0.1, -0.05) is 29.8 Å². The molecule has 0 saturated heterocycles. The minimum atomic E-state index is 0.468. The maximum Gasteiger partial charge on any atom is 0.271 e. The van der Waals surface area contributed by atoms with Gasteiger partial charge in [0.15, 0.2) is 0 Å². The van der Waals surface area contributed by atoms with Crippen molar-refractivity contribution in [2.75, 3.05) is 0 Å². The molecule has 0 radical (unpaired) electrons. The predicted octanol–water partition coefficient (Wildman–Crippen LogP) is 1.84. The number of hydrogen-bond donors (Lipinski definition) is 0. The Hall–Kier alpha value is -2.01. The van der Waals surface area contributed by atoms with Crippen LogP contribution >= 0.6 is 11.6 Å². The second kappa shape index (κ2) is 3.53. The highest BCUT2D eigenvalue weighted by molar-refractivity contribution is 6.33.